The van der Waals surface area contributed by atoms with Crippen molar-refractivity contribution in [3.05, 3.63) is 50.6 Å². The van der Waals surface area contributed by atoms with Gasteiger partial charge in [-0.1, -0.05) is 22.0 Å². The number of thioether (sulfide) groups is 1. The van der Waals surface area contributed by atoms with E-state index in [2.05, 4.69) is 22.0 Å². The van der Waals surface area contributed by atoms with Crippen LogP contribution in [-0.4, -0.2) is 11.1 Å². The Bertz CT molecular complexity index is 523. The molecule has 2 aromatic rings. The van der Waals surface area contributed by atoms with Gasteiger partial charge in [0.05, 0.1) is 5.56 Å². The fourth-order valence-electron chi connectivity index (χ4n) is 1.34. The number of aromatic carboxylic acids is 1. The summed E-state index contributed by atoms with van der Waals surface area (Å²) >= 11 is 6.59. The highest BCUT2D eigenvalue weighted by Crippen LogP contribution is 2.30. The van der Waals surface area contributed by atoms with Crippen LogP contribution in [0.5, 0.6) is 0 Å². The lowest BCUT2D eigenvalue weighted by atomic mass is 10.2. The van der Waals surface area contributed by atoms with Crippen LogP contribution < -0.4 is 0 Å². The van der Waals surface area contributed by atoms with E-state index in [1.54, 1.807) is 35.2 Å². The summed E-state index contributed by atoms with van der Waals surface area (Å²) in [7, 11) is 0. The SMILES string of the molecule is O=C(O)c1ccc(Br)cc1SCc1cccs1. The van der Waals surface area contributed by atoms with Gasteiger partial charge in [0.25, 0.3) is 0 Å². The number of carbonyl (C=O) groups is 1. The predicted octanol–water partition coefficient (Wildman–Crippen LogP) is 4.50. The Labute approximate surface area is 116 Å². The van der Waals surface area contributed by atoms with Crippen molar-refractivity contribution in [2.75, 3.05) is 0 Å². The Balaban J connectivity index is 2.19. The fraction of sp³-hybridized carbons (Fsp3) is 0.0833. The monoisotopic (exact) mass is 328 g/mol. The highest BCUT2D eigenvalue weighted by Gasteiger charge is 2.11. The minimum atomic E-state index is -0.883. The highest BCUT2D eigenvalue weighted by molar-refractivity contribution is 9.10. The molecule has 0 amide bonds. The molecule has 0 saturated heterocycles. The van der Waals surface area contributed by atoms with E-state index < -0.39 is 5.97 Å². The van der Waals surface area contributed by atoms with Gasteiger partial charge in [-0.3, -0.25) is 0 Å². The summed E-state index contributed by atoms with van der Waals surface area (Å²) in [5, 5.41) is 11.1. The van der Waals surface area contributed by atoms with Crippen molar-refractivity contribution in [3.8, 4) is 0 Å². The van der Waals surface area contributed by atoms with Crippen molar-refractivity contribution in [2.45, 2.75) is 10.6 Å². The zero-order chi connectivity index (χ0) is 12.3. The second kappa shape index (κ2) is 5.71. The molecule has 1 aromatic heterocycles. The summed E-state index contributed by atoms with van der Waals surface area (Å²) in [4.78, 5) is 13.1. The molecule has 1 aromatic carbocycles. The van der Waals surface area contributed by atoms with Crippen molar-refractivity contribution in [1.82, 2.24) is 0 Å². The number of benzene rings is 1. The molecule has 2 rings (SSSR count). The molecule has 0 aliphatic rings. The average Bonchev–Trinajstić information content (AvgIpc) is 2.78. The van der Waals surface area contributed by atoms with Crippen molar-refractivity contribution in [1.29, 1.82) is 0 Å². The molecule has 5 heteroatoms. The molecular formula is C12H9BrO2S2. The van der Waals surface area contributed by atoms with E-state index in [0.29, 0.717) is 5.56 Å². The number of carboxylic acids is 1. The maximum Gasteiger partial charge on any atom is 0.336 e. The third-order valence-corrected chi connectivity index (χ3v) is 4.78. The standard InChI is InChI=1S/C12H9BrO2S2/c13-8-3-4-10(12(14)15)11(6-8)17-7-9-2-1-5-16-9/h1-6H,7H2,(H,14,15). The van der Waals surface area contributed by atoms with Crippen LogP contribution in [0.2, 0.25) is 0 Å². The number of carboxylic acid groups (broad SMARTS) is 1. The number of halogens is 1. The Morgan fingerprint density at radius 1 is 1.41 bits per heavy atom. The van der Waals surface area contributed by atoms with Crippen molar-refractivity contribution >= 4 is 45.0 Å². The number of rotatable bonds is 4. The summed E-state index contributed by atoms with van der Waals surface area (Å²) in [6, 6.07) is 9.28. The summed E-state index contributed by atoms with van der Waals surface area (Å²) in [5.41, 5.74) is 0.356. The maximum absolute atomic E-state index is 11.1. The van der Waals surface area contributed by atoms with Gasteiger partial charge in [-0.2, -0.15) is 0 Å². The zero-order valence-corrected chi connectivity index (χ0v) is 11.9. The molecule has 0 spiro atoms. The Kier molecular flexibility index (Phi) is 4.25. The molecule has 1 heterocycles. The first kappa shape index (κ1) is 12.7. The van der Waals surface area contributed by atoms with Gasteiger partial charge in [0.2, 0.25) is 0 Å². The van der Waals surface area contributed by atoms with Gasteiger partial charge in [-0.15, -0.1) is 23.1 Å². The first-order valence-electron chi connectivity index (χ1n) is 4.85. The van der Waals surface area contributed by atoms with Gasteiger partial charge in [-0.25, -0.2) is 4.79 Å². The second-order valence-electron chi connectivity index (χ2n) is 3.31. The third-order valence-electron chi connectivity index (χ3n) is 2.12. The first-order chi connectivity index (χ1) is 8.16. The lowest BCUT2D eigenvalue weighted by molar-refractivity contribution is 0.0693. The first-order valence-corrected chi connectivity index (χ1v) is 7.50. The minimum absolute atomic E-state index is 0.356. The lowest BCUT2D eigenvalue weighted by Gasteiger charge is -2.05. The highest BCUT2D eigenvalue weighted by atomic mass is 79.9. The molecule has 0 aliphatic carbocycles. The molecule has 0 aliphatic heterocycles. The third kappa shape index (κ3) is 3.34. The Morgan fingerprint density at radius 2 is 2.24 bits per heavy atom. The fourth-order valence-corrected chi connectivity index (χ4v) is 3.70. The maximum atomic E-state index is 11.1. The van der Waals surface area contributed by atoms with Gasteiger partial charge >= 0.3 is 5.97 Å². The predicted molar refractivity (Wildman–Crippen MR) is 75.0 cm³/mol. The normalized spacial score (nSPS) is 10.4. The molecule has 0 fully saturated rings. The molecular weight excluding hydrogens is 320 g/mol. The molecule has 1 N–H and O–H groups in total. The van der Waals surface area contributed by atoms with Crippen LogP contribution in [-0.2, 0) is 5.75 Å². The van der Waals surface area contributed by atoms with Crippen LogP contribution >= 0.6 is 39.0 Å². The van der Waals surface area contributed by atoms with E-state index >= 15 is 0 Å². The molecule has 0 atom stereocenters. The van der Waals surface area contributed by atoms with E-state index in [4.69, 9.17) is 5.11 Å². The molecule has 0 bridgehead atoms. The van der Waals surface area contributed by atoms with E-state index in [0.717, 1.165) is 15.1 Å². The Morgan fingerprint density at radius 3 is 2.88 bits per heavy atom. The zero-order valence-electron chi connectivity index (χ0n) is 8.72. The van der Waals surface area contributed by atoms with E-state index in [9.17, 15) is 4.79 Å². The number of thiophene rings is 1. The van der Waals surface area contributed by atoms with Gasteiger partial charge < -0.3 is 5.11 Å². The summed E-state index contributed by atoms with van der Waals surface area (Å²) in [6.07, 6.45) is 0. The topological polar surface area (TPSA) is 37.3 Å². The van der Waals surface area contributed by atoms with Crippen LogP contribution in [0.25, 0.3) is 0 Å². The van der Waals surface area contributed by atoms with Gasteiger partial charge in [0.1, 0.15) is 0 Å². The van der Waals surface area contributed by atoms with Crippen molar-refractivity contribution in [3.63, 3.8) is 0 Å². The smallest absolute Gasteiger partial charge is 0.336 e. The summed E-state index contributed by atoms with van der Waals surface area (Å²) in [5.74, 6) is -0.0832. The summed E-state index contributed by atoms with van der Waals surface area (Å²) in [6.45, 7) is 0. The summed E-state index contributed by atoms with van der Waals surface area (Å²) < 4.78 is 0.899. The quantitative estimate of drug-likeness (QED) is 0.839. The number of hydrogen-bond donors (Lipinski definition) is 1. The van der Waals surface area contributed by atoms with Crippen LogP contribution in [0.15, 0.2) is 45.1 Å². The van der Waals surface area contributed by atoms with Crippen molar-refractivity contribution in [2.24, 2.45) is 0 Å². The second-order valence-corrected chi connectivity index (χ2v) is 6.28. The largest absolute Gasteiger partial charge is 0.478 e. The Hall–Kier alpha value is -0.780. The average molecular weight is 329 g/mol. The van der Waals surface area contributed by atoms with E-state index in [1.807, 2.05) is 17.5 Å². The molecule has 2 nitrogen and oxygen atoms in total. The van der Waals surface area contributed by atoms with Crippen molar-refractivity contribution < 1.29 is 9.90 Å². The van der Waals surface area contributed by atoms with Crippen LogP contribution in [0.1, 0.15) is 15.2 Å². The van der Waals surface area contributed by atoms with E-state index in [-0.39, 0.29) is 0 Å². The molecule has 0 radical (unpaired) electrons. The van der Waals surface area contributed by atoms with Gasteiger partial charge in [0.15, 0.2) is 0 Å². The van der Waals surface area contributed by atoms with Gasteiger partial charge in [0, 0.05) is 20.0 Å². The van der Waals surface area contributed by atoms with Crippen LogP contribution in [0.3, 0.4) is 0 Å². The molecule has 0 saturated carbocycles. The minimum Gasteiger partial charge on any atom is -0.478 e. The van der Waals surface area contributed by atoms with E-state index in [1.165, 1.54) is 4.88 Å². The lowest BCUT2D eigenvalue weighted by Crippen LogP contribution is -1.98. The molecule has 0 unspecified atom stereocenters. The van der Waals surface area contributed by atoms with Gasteiger partial charge in [-0.05, 0) is 29.6 Å². The number of hydrogen-bond acceptors (Lipinski definition) is 3. The van der Waals surface area contributed by atoms with Crippen LogP contribution in [0, 0.1) is 0 Å². The molecule has 88 valence electrons. The van der Waals surface area contributed by atoms with Crippen LogP contribution in [0.4, 0.5) is 0 Å². The molecule has 17 heavy (non-hydrogen) atoms.